The van der Waals surface area contributed by atoms with Crippen LogP contribution in [0.4, 0.5) is 0 Å². The molecule has 1 rings (SSSR count). The van der Waals surface area contributed by atoms with Crippen LogP contribution in [-0.4, -0.2) is 39.2 Å². The number of hydrogen-bond donors (Lipinski definition) is 4. The Bertz CT molecular complexity index is 459. The Kier molecular flexibility index (Phi) is 4.00. The summed E-state index contributed by atoms with van der Waals surface area (Å²) in [5.41, 5.74) is -0.261. The van der Waals surface area contributed by atoms with Gasteiger partial charge in [0.05, 0.1) is 11.7 Å². The van der Waals surface area contributed by atoms with Crippen LogP contribution < -0.4 is 10.9 Å². The van der Waals surface area contributed by atoms with E-state index in [-0.39, 0.29) is 11.1 Å². The van der Waals surface area contributed by atoms with Crippen LogP contribution in [0, 0.1) is 0 Å². The molecule has 1 aromatic rings. The van der Waals surface area contributed by atoms with Crippen molar-refractivity contribution in [2.75, 3.05) is 0 Å². The van der Waals surface area contributed by atoms with Crippen LogP contribution in [0.5, 0.6) is 0 Å². The van der Waals surface area contributed by atoms with Crippen LogP contribution in [0.1, 0.15) is 17.3 Å². The zero-order valence-corrected chi connectivity index (χ0v) is 9.01. The minimum absolute atomic E-state index is 0.108. The molecule has 0 saturated carbocycles. The molecule has 0 saturated heterocycles. The van der Waals surface area contributed by atoms with Crippen molar-refractivity contribution in [3.05, 3.63) is 34.2 Å². The predicted octanol–water partition coefficient (Wildman–Crippen LogP) is -1.06. The average Bonchev–Trinajstić information content (AvgIpc) is 2.25. The first-order valence-corrected chi connectivity index (χ1v) is 4.82. The van der Waals surface area contributed by atoms with Crippen LogP contribution in [-0.2, 0) is 4.79 Å². The Morgan fingerprint density at radius 2 is 2.06 bits per heavy atom. The summed E-state index contributed by atoms with van der Waals surface area (Å²) in [7, 11) is 0. The summed E-state index contributed by atoms with van der Waals surface area (Å²) < 4.78 is 0. The second-order valence-electron chi connectivity index (χ2n) is 3.47. The van der Waals surface area contributed by atoms with Crippen molar-refractivity contribution in [3.8, 4) is 0 Å². The number of aliphatic carboxylic acids is 1. The van der Waals surface area contributed by atoms with Crippen LogP contribution in [0.3, 0.4) is 0 Å². The zero-order valence-electron chi connectivity index (χ0n) is 9.01. The number of hydrogen-bond acceptors (Lipinski definition) is 4. The van der Waals surface area contributed by atoms with E-state index in [1.54, 1.807) is 0 Å². The van der Waals surface area contributed by atoms with E-state index in [4.69, 9.17) is 10.2 Å². The standard InChI is InChI=1S/C10H12N2O5/c1-5(13)8(10(16)17)12-9(15)6-2-3-7(14)11-4-6/h2-5,8,13H,1H3,(H,11,14)(H,12,15)(H,16,17). The molecule has 4 N–H and O–H groups in total. The van der Waals surface area contributed by atoms with Crippen LogP contribution in [0.2, 0.25) is 0 Å². The second-order valence-corrected chi connectivity index (χ2v) is 3.47. The van der Waals surface area contributed by atoms with Crippen molar-refractivity contribution in [3.63, 3.8) is 0 Å². The molecular formula is C10H12N2O5. The fourth-order valence-electron chi connectivity index (χ4n) is 1.17. The molecule has 1 heterocycles. The van der Waals surface area contributed by atoms with Gasteiger partial charge in [-0.25, -0.2) is 4.79 Å². The van der Waals surface area contributed by atoms with E-state index in [9.17, 15) is 14.4 Å². The maximum Gasteiger partial charge on any atom is 0.328 e. The molecule has 17 heavy (non-hydrogen) atoms. The number of nitrogens with one attached hydrogen (secondary N) is 2. The molecule has 92 valence electrons. The molecule has 0 aliphatic rings. The molecule has 0 aliphatic heterocycles. The lowest BCUT2D eigenvalue weighted by molar-refractivity contribution is -0.141. The van der Waals surface area contributed by atoms with E-state index in [0.29, 0.717) is 0 Å². The van der Waals surface area contributed by atoms with Gasteiger partial charge in [-0.15, -0.1) is 0 Å². The molecule has 1 aromatic heterocycles. The van der Waals surface area contributed by atoms with Gasteiger partial charge in [0, 0.05) is 12.3 Å². The number of carbonyl (C=O) groups is 2. The first-order chi connectivity index (χ1) is 7.91. The lowest BCUT2D eigenvalue weighted by atomic mass is 10.1. The zero-order chi connectivity index (χ0) is 13.0. The van der Waals surface area contributed by atoms with Gasteiger partial charge < -0.3 is 20.5 Å². The highest BCUT2D eigenvalue weighted by Crippen LogP contribution is 1.98. The summed E-state index contributed by atoms with van der Waals surface area (Å²) in [6.07, 6.45) is -0.0577. The molecule has 0 fully saturated rings. The molecule has 0 radical (unpaired) electrons. The molecule has 1 amide bonds. The van der Waals surface area contributed by atoms with Gasteiger partial charge in [-0.3, -0.25) is 9.59 Å². The average molecular weight is 240 g/mol. The number of rotatable bonds is 4. The monoisotopic (exact) mass is 240 g/mol. The van der Waals surface area contributed by atoms with Crippen molar-refractivity contribution >= 4 is 11.9 Å². The molecule has 7 heteroatoms. The lowest BCUT2D eigenvalue weighted by Crippen LogP contribution is -2.47. The fraction of sp³-hybridized carbons (Fsp3) is 0.300. The Hall–Kier alpha value is -2.15. The van der Waals surface area contributed by atoms with E-state index in [2.05, 4.69) is 10.3 Å². The Morgan fingerprint density at radius 1 is 1.41 bits per heavy atom. The normalized spacial score (nSPS) is 13.8. The lowest BCUT2D eigenvalue weighted by Gasteiger charge is -2.16. The third-order valence-corrected chi connectivity index (χ3v) is 2.08. The third-order valence-electron chi connectivity index (χ3n) is 2.08. The van der Waals surface area contributed by atoms with Crippen LogP contribution in [0.25, 0.3) is 0 Å². The maximum absolute atomic E-state index is 11.6. The topological polar surface area (TPSA) is 119 Å². The molecule has 0 bridgehead atoms. The fourth-order valence-corrected chi connectivity index (χ4v) is 1.17. The Balaban J connectivity index is 2.81. The number of pyridine rings is 1. The van der Waals surface area contributed by atoms with Crippen molar-refractivity contribution < 1.29 is 19.8 Å². The van der Waals surface area contributed by atoms with Gasteiger partial charge in [0.15, 0.2) is 6.04 Å². The largest absolute Gasteiger partial charge is 0.480 e. The van der Waals surface area contributed by atoms with E-state index >= 15 is 0 Å². The highest BCUT2D eigenvalue weighted by atomic mass is 16.4. The van der Waals surface area contributed by atoms with Gasteiger partial charge in [-0.2, -0.15) is 0 Å². The van der Waals surface area contributed by atoms with Gasteiger partial charge in [0.1, 0.15) is 0 Å². The molecule has 7 nitrogen and oxygen atoms in total. The highest BCUT2D eigenvalue weighted by molar-refractivity contribution is 5.96. The smallest absolute Gasteiger partial charge is 0.328 e. The number of aromatic amines is 1. The third kappa shape index (κ3) is 3.42. The molecule has 2 unspecified atom stereocenters. The van der Waals surface area contributed by atoms with Crippen molar-refractivity contribution in [2.24, 2.45) is 0 Å². The van der Waals surface area contributed by atoms with Crippen molar-refractivity contribution in [1.29, 1.82) is 0 Å². The number of carboxylic acids is 1. The highest BCUT2D eigenvalue weighted by Gasteiger charge is 2.25. The Labute approximate surface area is 96.1 Å². The molecule has 0 aliphatic carbocycles. The molecular weight excluding hydrogens is 228 g/mol. The second kappa shape index (κ2) is 5.26. The summed E-state index contributed by atoms with van der Waals surface area (Å²) in [5.74, 6) is -2.02. The summed E-state index contributed by atoms with van der Waals surface area (Å²) in [6, 6.07) is 1.01. The van der Waals surface area contributed by atoms with E-state index in [0.717, 1.165) is 6.07 Å². The van der Waals surface area contributed by atoms with Gasteiger partial charge in [0.2, 0.25) is 5.56 Å². The number of H-pyrrole nitrogens is 1. The number of aromatic nitrogens is 1. The minimum atomic E-state index is -1.39. The van der Waals surface area contributed by atoms with Crippen molar-refractivity contribution in [1.82, 2.24) is 10.3 Å². The van der Waals surface area contributed by atoms with E-state index < -0.39 is 24.0 Å². The summed E-state index contributed by atoms with van der Waals surface area (Å²) in [6.45, 7) is 1.26. The van der Waals surface area contributed by atoms with Crippen LogP contribution in [0.15, 0.2) is 23.1 Å². The summed E-state index contributed by atoms with van der Waals surface area (Å²) in [5, 5.41) is 20.1. The minimum Gasteiger partial charge on any atom is -0.480 e. The molecule has 0 spiro atoms. The SMILES string of the molecule is CC(O)C(NC(=O)c1ccc(=O)[nH]c1)C(=O)O. The Morgan fingerprint density at radius 3 is 2.47 bits per heavy atom. The van der Waals surface area contributed by atoms with E-state index in [1.165, 1.54) is 19.2 Å². The quantitative estimate of drug-likeness (QED) is 0.534. The molecule has 0 aromatic carbocycles. The summed E-state index contributed by atoms with van der Waals surface area (Å²) >= 11 is 0. The first kappa shape index (κ1) is 12.9. The van der Waals surface area contributed by atoms with Gasteiger partial charge in [-0.05, 0) is 13.0 Å². The number of carboxylic acid groups (broad SMARTS) is 1. The van der Waals surface area contributed by atoms with Crippen molar-refractivity contribution in [2.45, 2.75) is 19.1 Å². The number of amides is 1. The number of carbonyl (C=O) groups excluding carboxylic acids is 1. The maximum atomic E-state index is 11.6. The molecule has 2 atom stereocenters. The van der Waals surface area contributed by atoms with Gasteiger partial charge in [-0.1, -0.05) is 0 Å². The van der Waals surface area contributed by atoms with Crippen LogP contribution >= 0.6 is 0 Å². The van der Waals surface area contributed by atoms with Gasteiger partial charge >= 0.3 is 5.97 Å². The first-order valence-electron chi connectivity index (χ1n) is 4.82. The van der Waals surface area contributed by atoms with Gasteiger partial charge in [0.25, 0.3) is 5.91 Å². The predicted molar refractivity (Wildman–Crippen MR) is 57.6 cm³/mol. The number of aliphatic hydroxyl groups excluding tert-OH is 1. The summed E-state index contributed by atoms with van der Waals surface area (Å²) in [4.78, 5) is 35.3. The number of aliphatic hydroxyl groups is 1. The van der Waals surface area contributed by atoms with E-state index in [1.807, 2.05) is 0 Å².